The van der Waals surface area contributed by atoms with E-state index in [1.54, 1.807) is 0 Å². The number of alkyl halides is 3. The quantitative estimate of drug-likeness (QED) is 0.934. The van der Waals surface area contributed by atoms with Gasteiger partial charge >= 0.3 is 6.18 Å². The van der Waals surface area contributed by atoms with E-state index >= 15 is 0 Å². The van der Waals surface area contributed by atoms with Crippen molar-refractivity contribution in [2.24, 2.45) is 5.73 Å². The number of nitrogens with two attached hydrogens (primary N) is 1. The molecule has 1 heterocycles. The average Bonchev–Trinajstić information content (AvgIpc) is 2.75. The van der Waals surface area contributed by atoms with E-state index in [0.29, 0.717) is 6.42 Å². The zero-order chi connectivity index (χ0) is 14.0. The number of hydrogen-bond acceptors (Lipinski definition) is 3. The summed E-state index contributed by atoms with van der Waals surface area (Å²) in [6.07, 6.45) is -3.83. The molecular weight excluding hydrogens is 273 g/mol. The molecular formula is C13H13F3N2S. The van der Waals surface area contributed by atoms with Crippen molar-refractivity contribution in [2.75, 3.05) is 0 Å². The first kappa shape index (κ1) is 14.0. The second kappa shape index (κ2) is 5.30. The fraction of sp³-hybridized carbons (Fsp3) is 0.308. The minimum Gasteiger partial charge on any atom is -0.322 e. The molecule has 2 aromatic rings. The lowest BCUT2D eigenvalue weighted by molar-refractivity contribution is -0.137. The fourth-order valence-corrected chi connectivity index (χ4v) is 2.42. The second-order valence-corrected chi connectivity index (χ2v) is 5.36. The van der Waals surface area contributed by atoms with Crippen molar-refractivity contribution in [3.8, 4) is 0 Å². The third-order valence-corrected chi connectivity index (χ3v) is 3.55. The Labute approximate surface area is 113 Å². The van der Waals surface area contributed by atoms with Crippen LogP contribution in [0, 0.1) is 6.92 Å². The highest BCUT2D eigenvalue weighted by Crippen LogP contribution is 2.29. The Hall–Kier alpha value is -1.40. The van der Waals surface area contributed by atoms with Gasteiger partial charge in [0.05, 0.1) is 22.3 Å². The monoisotopic (exact) mass is 286 g/mol. The molecule has 19 heavy (non-hydrogen) atoms. The number of aryl methyl sites for hydroxylation is 1. The van der Waals surface area contributed by atoms with Crippen LogP contribution in [-0.2, 0) is 12.6 Å². The maximum absolute atomic E-state index is 12.4. The second-order valence-electron chi connectivity index (χ2n) is 4.30. The molecule has 0 saturated heterocycles. The van der Waals surface area contributed by atoms with Gasteiger partial charge in [0.1, 0.15) is 0 Å². The predicted molar refractivity (Wildman–Crippen MR) is 68.9 cm³/mol. The van der Waals surface area contributed by atoms with Gasteiger partial charge in [0.25, 0.3) is 0 Å². The number of thiazole rings is 1. The molecule has 0 radical (unpaired) electrons. The van der Waals surface area contributed by atoms with Gasteiger partial charge in [0, 0.05) is 5.38 Å². The summed E-state index contributed by atoms with van der Waals surface area (Å²) in [5.74, 6) is 0. The van der Waals surface area contributed by atoms with E-state index < -0.39 is 11.7 Å². The molecule has 0 fully saturated rings. The van der Waals surface area contributed by atoms with E-state index in [0.717, 1.165) is 28.4 Å². The van der Waals surface area contributed by atoms with Gasteiger partial charge in [-0.05, 0) is 31.0 Å². The number of benzene rings is 1. The smallest absolute Gasteiger partial charge is 0.322 e. The molecule has 1 atom stereocenters. The molecule has 0 aliphatic rings. The topological polar surface area (TPSA) is 38.9 Å². The van der Waals surface area contributed by atoms with Crippen LogP contribution < -0.4 is 5.73 Å². The molecule has 0 amide bonds. The van der Waals surface area contributed by atoms with Gasteiger partial charge in [-0.1, -0.05) is 12.1 Å². The summed E-state index contributed by atoms with van der Waals surface area (Å²) in [5.41, 5.74) is 6.89. The zero-order valence-electron chi connectivity index (χ0n) is 10.2. The van der Waals surface area contributed by atoms with Gasteiger partial charge < -0.3 is 5.73 Å². The zero-order valence-corrected chi connectivity index (χ0v) is 11.1. The normalized spacial score (nSPS) is 13.5. The van der Waals surface area contributed by atoms with Gasteiger partial charge in [-0.25, -0.2) is 4.98 Å². The van der Waals surface area contributed by atoms with E-state index in [2.05, 4.69) is 4.98 Å². The Kier molecular flexibility index (Phi) is 3.91. The highest BCUT2D eigenvalue weighted by molar-refractivity contribution is 7.09. The molecule has 2 N–H and O–H groups in total. The number of rotatable bonds is 3. The summed E-state index contributed by atoms with van der Waals surface area (Å²) in [7, 11) is 0. The lowest BCUT2D eigenvalue weighted by atomic mass is 10.0. The summed E-state index contributed by atoms with van der Waals surface area (Å²) in [6, 6.07) is 4.79. The molecule has 0 bridgehead atoms. The summed E-state index contributed by atoms with van der Waals surface area (Å²) < 4.78 is 37.2. The molecule has 2 nitrogen and oxygen atoms in total. The Bertz CT molecular complexity index is 546. The van der Waals surface area contributed by atoms with Crippen molar-refractivity contribution in [3.05, 3.63) is 51.5 Å². The maximum atomic E-state index is 12.4. The Morgan fingerprint density at radius 1 is 1.26 bits per heavy atom. The van der Waals surface area contributed by atoms with Crippen molar-refractivity contribution in [1.29, 1.82) is 0 Å². The summed E-state index contributed by atoms with van der Waals surface area (Å²) >= 11 is 1.51. The number of hydrogen-bond donors (Lipinski definition) is 1. The third-order valence-electron chi connectivity index (χ3n) is 2.75. The van der Waals surface area contributed by atoms with Gasteiger partial charge in [0.15, 0.2) is 0 Å². The van der Waals surface area contributed by atoms with Crippen LogP contribution in [0.1, 0.15) is 27.9 Å². The molecule has 1 unspecified atom stereocenters. The molecule has 6 heteroatoms. The van der Waals surface area contributed by atoms with Crippen molar-refractivity contribution < 1.29 is 13.2 Å². The average molecular weight is 286 g/mol. The number of halogens is 3. The van der Waals surface area contributed by atoms with E-state index in [1.165, 1.54) is 23.5 Å². The molecule has 0 aliphatic carbocycles. The van der Waals surface area contributed by atoms with Crippen LogP contribution in [-0.4, -0.2) is 4.98 Å². The first-order valence-electron chi connectivity index (χ1n) is 5.70. The molecule has 2 rings (SSSR count). The van der Waals surface area contributed by atoms with Crippen LogP contribution in [0.25, 0.3) is 0 Å². The largest absolute Gasteiger partial charge is 0.416 e. The first-order valence-corrected chi connectivity index (χ1v) is 6.58. The maximum Gasteiger partial charge on any atom is 0.416 e. The highest BCUT2D eigenvalue weighted by Gasteiger charge is 2.29. The predicted octanol–water partition coefficient (Wildman–Crippen LogP) is 3.71. The van der Waals surface area contributed by atoms with Gasteiger partial charge in [0.2, 0.25) is 0 Å². The summed E-state index contributed by atoms with van der Waals surface area (Å²) in [6.45, 7) is 1.89. The molecule has 102 valence electrons. The van der Waals surface area contributed by atoms with Crippen LogP contribution in [0.3, 0.4) is 0 Å². The molecule has 0 saturated carbocycles. The standard InChI is InChI=1S/C13H13F3N2S/c1-8-18-12(7-19-8)11(17)6-9-2-4-10(5-3-9)13(14,15)16/h2-5,7,11H,6,17H2,1H3. The van der Waals surface area contributed by atoms with E-state index in [4.69, 9.17) is 5.73 Å². The van der Waals surface area contributed by atoms with Gasteiger partial charge in [-0.3, -0.25) is 0 Å². The van der Waals surface area contributed by atoms with Crippen LogP contribution in [0.4, 0.5) is 13.2 Å². The lowest BCUT2D eigenvalue weighted by Crippen LogP contribution is -2.14. The van der Waals surface area contributed by atoms with Crippen LogP contribution in [0.15, 0.2) is 29.6 Å². The van der Waals surface area contributed by atoms with Crippen LogP contribution >= 0.6 is 11.3 Å². The van der Waals surface area contributed by atoms with Crippen molar-refractivity contribution in [1.82, 2.24) is 4.98 Å². The van der Waals surface area contributed by atoms with Crippen molar-refractivity contribution >= 4 is 11.3 Å². The molecule has 0 aliphatic heterocycles. The van der Waals surface area contributed by atoms with Crippen LogP contribution in [0.5, 0.6) is 0 Å². The highest BCUT2D eigenvalue weighted by atomic mass is 32.1. The number of aromatic nitrogens is 1. The Morgan fingerprint density at radius 3 is 2.37 bits per heavy atom. The molecule has 0 spiro atoms. The minimum atomic E-state index is -4.30. The lowest BCUT2D eigenvalue weighted by Gasteiger charge is -2.11. The van der Waals surface area contributed by atoms with Crippen molar-refractivity contribution in [2.45, 2.75) is 25.6 Å². The summed E-state index contributed by atoms with van der Waals surface area (Å²) in [4.78, 5) is 4.28. The van der Waals surface area contributed by atoms with E-state index in [9.17, 15) is 13.2 Å². The first-order chi connectivity index (χ1) is 8.86. The van der Waals surface area contributed by atoms with Gasteiger partial charge in [-0.2, -0.15) is 13.2 Å². The molecule has 1 aromatic carbocycles. The third kappa shape index (κ3) is 3.54. The van der Waals surface area contributed by atoms with E-state index in [-0.39, 0.29) is 6.04 Å². The van der Waals surface area contributed by atoms with E-state index in [1.807, 2.05) is 12.3 Å². The van der Waals surface area contributed by atoms with Crippen LogP contribution in [0.2, 0.25) is 0 Å². The van der Waals surface area contributed by atoms with Gasteiger partial charge in [-0.15, -0.1) is 11.3 Å². The fourth-order valence-electron chi connectivity index (χ4n) is 1.74. The Morgan fingerprint density at radius 2 is 1.89 bits per heavy atom. The molecule has 1 aromatic heterocycles. The SMILES string of the molecule is Cc1nc(C(N)Cc2ccc(C(F)(F)F)cc2)cs1. The summed E-state index contributed by atoms with van der Waals surface area (Å²) in [5, 5.41) is 2.81. The minimum absolute atomic E-state index is 0.290. The Balaban J connectivity index is 2.07. The van der Waals surface area contributed by atoms with Crippen molar-refractivity contribution in [3.63, 3.8) is 0 Å². The number of nitrogens with zero attached hydrogens (tertiary/aromatic N) is 1.